The van der Waals surface area contributed by atoms with Crippen molar-refractivity contribution in [2.45, 2.75) is 6.42 Å². The van der Waals surface area contributed by atoms with Crippen molar-refractivity contribution in [3.05, 3.63) is 29.3 Å². The molecule has 2 rings (SSSR count). The third-order valence-electron chi connectivity index (χ3n) is 1.96. The summed E-state index contributed by atoms with van der Waals surface area (Å²) in [5.41, 5.74) is 2.01. The minimum absolute atomic E-state index is 0.0471. The Hall–Kier alpha value is -1.35. The lowest BCUT2D eigenvalue weighted by Crippen LogP contribution is -2.03. The molecule has 0 bridgehead atoms. The standard InChI is InChI=1S/C9H6ClNO2/c10-9(13)6-2-1-5-4-8(12)11-7(5)3-6/h1-3H,4H2,(H,11,12). The van der Waals surface area contributed by atoms with Gasteiger partial charge in [0.15, 0.2) is 0 Å². The zero-order valence-corrected chi connectivity index (χ0v) is 7.39. The Labute approximate surface area is 79.7 Å². The lowest BCUT2D eigenvalue weighted by Gasteiger charge is -1.99. The topological polar surface area (TPSA) is 46.2 Å². The van der Waals surface area contributed by atoms with Crippen LogP contribution in [0.5, 0.6) is 0 Å². The Balaban J connectivity index is 2.45. The van der Waals surface area contributed by atoms with Gasteiger partial charge in [-0.15, -0.1) is 0 Å². The van der Waals surface area contributed by atoms with E-state index in [4.69, 9.17) is 11.6 Å². The molecule has 0 saturated heterocycles. The summed E-state index contributed by atoms with van der Waals surface area (Å²) in [5, 5.41) is 2.13. The minimum Gasteiger partial charge on any atom is -0.326 e. The fraction of sp³-hybridized carbons (Fsp3) is 0.111. The summed E-state index contributed by atoms with van der Waals surface area (Å²) < 4.78 is 0. The number of benzene rings is 1. The first kappa shape index (κ1) is 8.26. The molecule has 0 fully saturated rings. The maximum absolute atomic E-state index is 11.0. The molecule has 13 heavy (non-hydrogen) atoms. The summed E-state index contributed by atoms with van der Waals surface area (Å²) in [4.78, 5) is 21.7. The normalized spacial score (nSPS) is 13.8. The van der Waals surface area contributed by atoms with Gasteiger partial charge in [0, 0.05) is 11.3 Å². The van der Waals surface area contributed by atoms with Gasteiger partial charge in [-0.05, 0) is 29.3 Å². The lowest BCUT2D eigenvalue weighted by molar-refractivity contribution is -0.115. The molecular formula is C9H6ClNO2. The number of hydrogen-bond donors (Lipinski definition) is 1. The molecule has 1 heterocycles. The summed E-state index contributed by atoms with van der Waals surface area (Å²) in [7, 11) is 0. The molecule has 4 heteroatoms. The minimum atomic E-state index is -0.510. The van der Waals surface area contributed by atoms with E-state index in [-0.39, 0.29) is 5.91 Å². The highest BCUT2D eigenvalue weighted by atomic mass is 35.5. The summed E-state index contributed by atoms with van der Waals surface area (Å²) in [6.07, 6.45) is 0.381. The molecule has 66 valence electrons. The highest BCUT2D eigenvalue weighted by Crippen LogP contribution is 2.24. The van der Waals surface area contributed by atoms with Crippen molar-refractivity contribution in [1.82, 2.24) is 0 Å². The fourth-order valence-electron chi connectivity index (χ4n) is 1.34. The first-order valence-corrected chi connectivity index (χ1v) is 4.17. The molecule has 0 saturated carbocycles. The third-order valence-corrected chi connectivity index (χ3v) is 2.18. The Morgan fingerprint density at radius 2 is 2.23 bits per heavy atom. The van der Waals surface area contributed by atoms with Crippen LogP contribution in [0.3, 0.4) is 0 Å². The number of fused-ring (bicyclic) bond motifs is 1. The van der Waals surface area contributed by atoms with Crippen LogP contribution in [0.15, 0.2) is 18.2 Å². The average Bonchev–Trinajstić information content (AvgIpc) is 2.42. The van der Waals surface area contributed by atoms with Crippen molar-refractivity contribution in [3.8, 4) is 0 Å². The number of rotatable bonds is 1. The van der Waals surface area contributed by atoms with Crippen molar-refractivity contribution >= 4 is 28.4 Å². The van der Waals surface area contributed by atoms with Gasteiger partial charge in [0.05, 0.1) is 6.42 Å². The van der Waals surface area contributed by atoms with Crippen LogP contribution in [0, 0.1) is 0 Å². The van der Waals surface area contributed by atoms with Gasteiger partial charge in [0.25, 0.3) is 5.24 Å². The molecule has 1 aliphatic rings. The number of carbonyl (C=O) groups is 2. The molecule has 0 radical (unpaired) electrons. The van der Waals surface area contributed by atoms with E-state index in [1.54, 1.807) is 18.2 Å². The van der Waals surface area contributed by atoms with Crippen molar-refractivity contribution in [2.24, 2.45) is 0 Å². The summed E-state index contributed by atoms with van der Waals surface area (Å²) in [5.74, 6) is -0.0471. The van der Waals surface area contributed by atoms with Crippen LogP contribution >= 0.6 is 11.6 Å². The van der Waals surface area contributed by atoms with Crippen LogP contribution in [0.2, 0.25) is 0 Å². The van der Waals surface area contributed by atoms with Gasteiger partial charge in [-0.3, -0.25) is 9.59 Å². The number of anilines is 1. The predicted molar refractivity (Wildman–Crippen MR) is 49.0 cm³/mol. The number of amides is 1. The SMILES string of the molecule is O=C1Cc2ccc(C(=O)Cl)cc2N1. The smallest absolute Gasteiger partial charge is 0.252 e. The van der Waals surface area contributed by atoms with E-state index in [0.717, 1.165) is 5.56 Å². The van der Waals surface area contributed by atoms with Crippen LogP contribution in [-0.2, 0) is 11.2 Å². The molecule has 0 aromatic heterocycles. The Morgan fingerprint density at radius 1 is 1.46 bits per heavy atom. The van der Waals surface area contributed by atoms with Crippen LogP contribution in [0.1, 0.15) is 15.9 Å². The molecule has 1 amide bonds. The second-order valence-electron chi connectivity index (χ2n) is 2.87. The van der Waals surface area contributed by atoms with Gasteiger partial charge < -0.3 is 5.32 Å². The van der Waals surface area contributed by atoms with E-state index in [0.29, 0.717) is 17.7 Å². The molecular weight excluding hydrogens is 190 g/mol. The summed E-state index contributed by atoms with van der Waals surface area (Å²) in [6.45, 7) is 0. The molecule has 0 unspecified atom stereocenters. The van der Waals surface area contributed by atoms with Gasteiger partial charge in [-0.1, -0.05) is 6.07 Å². The molecule has 3 nitrogen and oxygen atoms in total. The van der Waals surface area contributed by atoms with Crippen LogP contribution in [0.25, 0.3) is 0 Å². The fourth-order valence-corrected chi connectivity index (χ4v) is 1.45. The molecule has 1 aliphatic heterocycles. The molecule has 0 aliphatic carbocycles. The van der Waals surface area contributed by atoms with Crippen molar-refractivity contribution in [3.63, 3.8) is 0 Å². The summed E-state index contributed by atoms with van der Waals surface area (Å²) in [6, 6.07) is 4.95. The number of hydrogen-bond acceptors (Lipinski definition) is 2. The second-order valence-corrected chi connectivity index (χ2v) is 3.21. The van der Waals surface area contributed by atoms with Gasteiger partial charge in [-0.25, -0.2) is 0 Å². The van der Waals surface area contributed by atoms with E-state index in [9.17, 15) is 9.59 Å². The van der Waals surface area contributed by atoms with E-state index in [1.807, 2.05) is 0 Å². The highest BCUT2D eigenvalue weighted by molar-refractivity contribution is 6.67. The maximum Gasteiger partial charge on any atom is 0.252 e. The quantitative estimate of drug-likeness (QED) is 0.692. The Kier molecular flexibility index (Phi) is 1.81. The van der Waals surface area contributed by atoms with E-state index >= 15 is 0 Å². The van der Waals surface area contributed by atoms with Crippen molar-refractivity contribution in [2.75, 3.05) is 5.32 Å². The number of halogens is 1. The first-order valence-electron chi connectivity index (χ1n) is 3.79. The number of nitrogens with one attached hydrogen (secondary N) is 1. The van der Waals surface area contributed by atoms with E-state index < -0.39 is 5.24 Å². The molecule has 0 atom stereocenters. The molecule has 0 spiro atoms. The van der Waals surface area contributed by atoms with Crippen LogP contribution in [-0.4, -0.2) is 11.1 Å². The van der Waals surface area contributed by atoms with Crippen LogP contribution in [0.4, 0.5) is 5.69 Å². The Morgan fingerprint density at radius 3 is 2.92 bits per heavy atom. The van der Waals surface area contributed by atoms with Crippen molar-refractivity contribution < 1.29 is 9.59 Å². The predicted octanol–water partition coefficient (Wildman–Crippen LogP) is 1.56. The van der Waals surface area contributed by atoms with Crippen molar-refractivity contribution in [1.29, 1.82) is 0 Å². The largest absolute Gasteiger partial charge is 0.326 e. The van der Waals surface area contributed by atoms with Gasteiger partial charge in [0.2, 0.25) is 5.91 Å². The number of carbonyl (C=O) groups excluding carboxylic acids is 2. The molecule has 1 N–H and O–H groups in total. The lowest BCUT2D eigenvalue weighted by atomic mass is 10.1. The summed E-state index contributed by atoms with van der Waals surface area (Å²) >= 11 is 5.29. The maximum atomic E-state index is 11.0. The van der Waals surface area contributed by atoms with Crippen LogP contribution < -0.4 is 5.32 Å². The van der Waals surface area contributed by atoms with E-state index in [1.165, 1.54) is 0 Å². The molecule has 1 aromatic rings. The van der Waals surface area contributed by atoms with E-state index in [2.05, 4.69) is 5.32 Å². The second kappa shape index (κ2) is 2.85. The van der Waals surface area contributed by atoms with Gasteiger partial charge in [0.1, 0.15) is 0 Å². The Bertz CT molecular complexity index is 401. The monoisotopic (exact) mass is 195 g/mol. The highest BCUT2D eigenvalue weighted by Gasteiger charge is 2.18. The zero-order valence-electron chi connectivity index (χ0n) is 6.63. The third kappa shape index (κ3) is 1.42. The molecule has 1 aromatic carbocycles. The first-order chi connectivity index (χ1) is 6.16. The average molecular weight is 196 g/mol. The van der Waals surface area contributed by atoms with Gasteiger partial charge in [-0.2, -0.15) is 0 Å². The zero-order chi connectivity index (χ0) is 9.42. The van der Waals surface area contributed by atoms with Gasteiger partial charge >= 0.3 is 0 Å².